The van der Waals surface area contributed by atoms with Gasteiger partial charge in [0.05, 0.1) is 23.2 Å². The molecule has 3 heteroatoms. The van der Waals surface area contributed by atoms with E-state index in [0.717, 1.165) is 28.2 Å². The molecule has 0 unspecified atom stereocenters. The first kappa shape index (κ1) is 12.7. The van der Waals surface area contributed by atoms with Gasteiger partial charge >= 0.3 is 0 Å². The Hall–Kier alpha value is -2.29. The van der Waals surface area contributed by atoms with E-state index in [-0.39, 0.29) is 0 Å². The van der Waals surface area contributed by atoms with Crippen molar-refractivity contribution in [2.45, 2.75) is 20.8 Å². The maximum atomic E-state index is 5.67. The lowest BCUT2D eigenvalue weighted by atomic mass is 10.1. The number of aromatic nitrogens is 2. The van der Waals surface area contributed by atoms with Gasteiger partial charge in [0, 0.05) is 0 Å². The summed E-state index contributed by atoms with van der Waals surface area (Å²) in [4.78, 5) is 8.08. The van der Waals surface area contributed by atoms with E-state index >= 15 is 0 Å². The molecule has 0 atom stereocenters. The summed E-state index contributed by atoms with van der Waals surface area (Å²) in [5.74, 6) is 1.72. The number of benzene rings is 2. The van der Waals surface area contributed by atoms with Crippen LogP contribution in [0, 0.1) is 13.8 Å². The summed E-state index contributed by atoms with van der Waals surface area (Å²) in [6.07, 6.45) is 0. The van der Waals surface area contributed by atoms with Gasteiger partial charge in [-0.15, -0.1) is 0 Å². The highest BCUT2D eigenvalue weighted by Gasteiger charge is 2.11. The highest BCUT2D eigenvalue weighted by molar-refractivity contribution is 5.82. The van der Waals surface area contributed by atoms with Gasteiger partial charge in [0.1, 0.15) is 11.6 Å². The second-order valence-corrected chi connectivity index (χ2v) is 4.97. The molecule has 1 heterocycles. The minimum atomic E-state index is 0.648. The average Bonchev–Trinajstić information content (AvgIpc) is 2.83. The van der Waals surface area contributed by atoms with Crippen LogP contribution in [0.25, 0.3) is 22.4 Å². The van der Waals surface area contributed by atoms with Crippen molar-refractivity contribution in [3.63, 3.8) is 0 Å². The van der Waals surface area contributed by atoms with Crippen molar-refractivity contribution >= 4 is 11.0 Å². The number of nitrogens with one attached hydrogen (secondary N) is 1. The van der Waals surface area contributed by atoms with Crippen LogP contribution in [0.15, 0.2) is 36.4 Å². The largest absolute Gasteiger partial charge is 0.493 e. The molecule has 3 nitrogen and oxygen atoms in total. The monoisotopic (exact) mass is 266 g/mol. The van der Waals surface area contributed by atoms with Gasteiger partial charge in [0.2, 0.25) is 0 Å². The summed E-state index contributed by atoms with van der Waals surface area (Å²) < 4.78 is 5.67. The van der Waals surface area contributed by atoms with E-state index in [1.165, 1.54) is 11.1 Å². The molecule has 1 aromatic heterocycles. The highest BCUT2D eigenvalue weighted by atomic mass is 16.5. The fourth-order valence-corrected chi connectivity index (χ4v) is 2.34. The Morgan fingerprint density at radius 3 is 2.65 bits per heavy atom. The van der Waals surface area contributed by atoms with Crippen LogP contribution < -0.4 is 4.74 Å². The van der Waals surface area contributed by atoms with Gasteiger partial charge in [0.25, 0.3) is 0 Å². The van der Waals surface area contributed by atoms with Crippen LogP contribution >= 0.6 is 0 Å². The Bertz CT molecular complexity index is 720. The lowest BCUT2D eigenvalue weighted by Crippen LogP contribution is -1.94. The Morgan fingerprint density at radius 2 is 1.85 bits per heavy atom. The van der Waals surface area contributed by atoms with Crippen molar-refractivity contribution in [1.82, 2.24) is 9.97 Å². The molecule has 0 radical (unpaired) electrons. The molecular weight excluding hydrogens is 248 g/mol. The summed E-state index contributed by atoms with van der Waals surface area (Å²) >= 11 is 0. The van der Waals surface area contributed by atoms with Gasteiger partial charge in [-0.2, -0.15) is 0 Å². The van der Waals surface area contributed by atoms with E-state index in [1.54, 1.807) is 0 Å². The number of hydrogen-bond acceptors (Lipinski definition) is 2. The van der Waals surface area contributed by atoms with Crippen molar-refractivity contribution in [2.24, 2.45) is 0 Å². The van der Waals surface area contributed by atoms with Gasteiger partial charge in [-0.1, -0.05) is 12.1 Å². The molecule has 0 spiro atoms. The lowest BCUT2D eigenvalue weighted by Gasteiger charge is -2.07. The van der Waals surface area contributed by atoms with Crippen LogP contribution in [0.3, 0.4) is 0 Å². The molecule has 1 N–H and O–H groups in total. The third kappa shape index (κ3) is 2.16. The highest BCUT2D eigenvalue weighted by Crippen LogP contribution is 2.30. The van der Waals surface area contributed by atoms with Crippen LogP contribution in [0.1, 0.15) is 18.1 Å². The first-order valence-electron chi connectivity index (χ1n) is 6.88. The quantitative estimate of drug-likeness (QED) is 0.769. The molecule has 0 fully saturated rings. The zero-order chi connectivity index (χ0) is 14.1. The molecule has 0 bridgehead atoms. The number of rotatable bonds is 3. The molecule has 20 heavy (non-hydrogen) atoms. The summed E-state index contributed by atoms with van der Waals surface area (Å²) in [6, 6.07) is 12.2. The molecule has 0 aliphatic rings. The number of para-hydroxylation sites is 1. The molecule has 2 aromatic carbocycles. The number of fused-ring (bicyclic) bond motifs is 1. The van der Waals surface area contributed by atoms with Crippen LogP contribution in [0.2, 0.25) is 0 Å². The van der Waals surface area contributed by atoms with Crippen LogP contribution in [-0.4, -0.2) is 16.6 Å². The Balaban J connectivity index is 2.15. The topological polar surface area (TPSA) is 37.9 Å². The maximum absolute atomic E-state index is 5.67. The fourth-order valence-electron chi connectivity index (χ4n) is 2.34. The summed E-state index contributed by atoms with van der Waals surface area (Å²) in [7, 11) is 0. The van der Waals surface area contributed by atoms with Gasteiger partial charge in [-0.05, 0) is 56.2 Å². The van der Waals surface area contributed by atoms with E-state index in [9.17, 15) is 0 Å². The van der Waals surface area contributed by atoms with Crippen LogP contribution in [0.5, 0.6) is 5.75 Å². The number of nitrogens with zero attached hydrogens (tertiary/aromatic N) is 1. The molecule has 3 aromatic rings. The van der Waals surface area contributed by atoms with E-state index in [1.807, 2.05) is 31.2 Å². The van der Waals surface area contributed by atoms with Crippen LogP contribution in [0.4, 0.5) is 0 Å². The van der Waals surface area contributed by atoms with Gasteiger partial charge < -0.3 is 9.72 Å². The Labute approximate surface area is 118 Å². The van der Waals surface area contributed by atoms with Crippen molar-refractivity contribution in [1.29, 1.82) is 0 Å². The summed E-state index contributed by atoms with van der Waals surface area (Å²) in [5, 5.41) is 0. The zero-order valence-corrected chi connectivity index (χ0v) is 12.0. The van der Waals surface area contributed by atoms with Crippen LogP contribution in [-0.2, 0) is 0 Å². The third-order valence-electron chi connectivity index (χ3n) is 3.54. The third-order valence-corrected chi connectivity index (χ3v) is 3.54. The number of ether oxygens (including phenoxy) is 1. The van der Waals surface area contributed by atoms with Crippen molar-refractivity contribution in [2.75, 3.05) is 6.61 Å². The van der Waals surface area contributed by atoms with E-state index in [4.69, 9.17) is 9.72 Å². The normalized spacial score (nSPS) is 10.9. The first-order chi connectivity index (χ1) is 9.69. The smallest absolute Gasteiger partial charge is 0.142 e. The van der Waals surface area contributed by atoms with Gasteiger partial charge in [-0.3, -0.25) is 0 Å². The molecule has 0 saturated carbocycles. The number of aryl methyl sites for hydroxylation is 2. The number of imidazole rings is 1. The SMILES string of the molecule is CCOc1ccccc1-c1nc2cc(C)c(C)cc2[nH]1. The second-order valence-electron chi connectivity index (χ2n) is 4.97. The standard InChI is InChI=1S/C17H18N2O/c1-4-20-16-8-6-5-7-13(16)17-18-14-9-11(2)12(3)10-15(14)19-17/h5-10H,4H2,1-3H3,(H,18,19). The van der Waals surface area contributed by atoms with E-state index < -0.39 is 0 Å². The predicted octanol–water partition coefficient (Wildman–Crippen LogP) is 4.25. The fraction of sp³-hybridized carbons (Fsp3) is 0.235. The maximum Gasteiger partial charge on any atom is 0.142 e. The number of aromatic amines is 1. The predicted molar refractivity (Wildman–Crippen MR) is 82.2 cm³/mol. The first-order valence-corrected chi connectivity index (χ1v) is 6.88. The molecule has 102 valence electrons. The van der Waals surface area contributed by atoms with Gasteiger partial charge in [-0.25, -0.2) is 4.98 Å². The average molecular weight is 266 g/mol. The molecular formula is C17H18N2O. The van der Waals surface area contributed by atoms with Crippen molar-refractivity contribution < 1.29 is 4.74 Å². The number of hydrogen-bond donors (Lipinski definition) is 1. The number of H-pyrrole nitrogens is 1. The lowest BCUT2D eigenvalue weighted by molar-refractivity contribution is 0.341. The Kier molecular flexibility index (Phi) is 3.18. The summed E-state index contributed by atoms with van der Waals surface area (Å²) in [6.45, 7) is 6.86. The van der Waals surface area contributed by atoms with E-state index in [0.29, 0.717) is 6.61 Å². The van der Waals surface area contributed by atoms with Crippen molar-refractivity contribution in [3.05, 3.63) is 47.5 Å². The van der Waals surface area contributed by atoms with E-state index in [2.05, 4.69) is 31.0 Å². The van der Waals surface area contributed by atoms with Crippen molar-refractivity contribution in [3.8, 4) is 17.1 Å². The molecule has 0 amide bonds. The Morgan fingerprint density at radius 1 is 1.10 bits per heavy atom. The zero-order valence-electron chi connectivity index (χ0n) is 12.0. The summed E-state index contributed by atoms with van der Waals surface area (Å²) in [5.41, 5.74) is 5.59. The minimum Gasteiger partial charge on any atom is -0.493 e. The van der Waals surface area contributed by atoms with Gasteiger partial charge in [0.15, 0.2) is 0 Å². The second kappa shape index (κ2) is 5.00. The molecule has 0 aliphatic carbocycles. The molecule has 0 aliphatic heterocycles. The minimum absolute atomic E-state index is 0.648. The molecule has 0 saturated heterocycles. The molecule has 3 rings (SSSR count).